The van der Waals surface area contributed by atoms with Gasteiger partial charge in [-0.15, -0.1) is 0 Å². The van der Waals surface area contributed by atoms with Crippen molar-refractivity contribution in [1.29, 1.82) is 5.26 Å². The van der Waals surface area contributed by atoms with E-state index in [2.05, 4.69) is 37.0 Å². The van der Waals surface area contributed by atoms with Gasteiger partial charge in [-0.1, -0.05) is 0 Å². The minimum atomic E-state index is -0.458. The molecule has 0 radical (unpaired) electrons. The van der Waals surface area contributed by atoms with Crippen LogP contribution in [0.3, 0.4) is 0 Å². The van der Waals surface area contributed by atoms with Crippen molar-refractivity contribution >= 4 is 44.4 Å². The number of nitro benzene ring substituents is 1. The van der Waals surface area contributed by atoms with E-state index in [1.165, 1.54) is 12.1 Å². The number of hydrogen-bond donors (Lipinski definition) is 1. The molecule has 0 bridgehead atoms. The molecule has 0 atom stereocenters. The molecule has 0 spiro atoms. The number of non-ortho nitro benzene ring substituents is 1. The van der Waals surface area contributed by atoms with Gasteiger partial charge in [-0.2, -0.15) is 5.26 Å². The third-order valence-corrected chi connectivity index (χ3v) is 4.39. The van der Waals surface area contributed by atoms with Crippen LogP contribution in [-0.2, 0) is 0 Å². The highest BCUT2D eigenvalue weighted by Crippen LogP contribution is 2.27. The third-order valence-electron chi connectivity index (χ3n) is 3.96. The van der Waals surface area contributed by atoms with Crippen LogP contribution in [0.2, 0.25) is 0 Å². The fourth-order valence-electron chi connectivity index (χ4n) is 2.63. The lowest BCUT2D eigenvalue weighted by Gasteiger charge is -1.97. The summed E-state index contributed by atoms with van der Waals surface area (Å²) in [6, 6.07) is 13.4. The number of hydrogen-bond acceptors (Lipinski definition) is 6. The topological polar surface area (TPSA) is 122 Å². The molecule has 0 unspecified atom stereocenters. The number of pyridine rings is 1. The number of nitro groups is 1. The lowest BCUT2D eigenvalue weighted by Crippen LogP contribution is -1.86. The first kappa shape index (κ1) is 17.6. The minimum Gasteiger partial charge on any atom is -0.457 e. The Balaban J connectivity index is 1.65. The highest BCUT2D eigenvalue weighted by Gasteiger charge is 2.12. The van der Waals surface area contributed by atoms with Crippen LogP contribution in [0.15, 0.2) is 57.6 Å². The van der Waals surface area contributed by atoms with Crippen molar-refractivity contribution in [2.24, 2.45) is 0 Å². The molecule has 0 saturated carbocycles. The second-order valence-electron chi connectivity index (χ2n) is 5.79. The van der Waals surface area contributed by atoms with E-state index in [9.17, 15) is 15.4 Å². The quantitative estimate of drug-likeness (QED) is 0.274. The number of H-pyrrole nitrogens is 1. The minimum absolute atomic E-state index is 0.00678. The van der Waals surface area contributed by atoms with Crippen LogP contribution in [0.5, 0.6) is 0 Å². The van der Waals surface area contributed by atoms with Gasteiger partial charge in [0.2, 0.25) is 0 Å². The van der Waals surface area contributed by atoms with Gasteiger partial charge in [0.1, 0.15) is 17.6 Å². The molecule has 0 saturated heterocycles. The van der Waals surface area contributed by atoms with Gasteiger partial charge in [-0.25, -0.2) is 9.97 Å². The highest BCUT2D eigenvalue weighted by atomic mass is 79.9. The molecule has 9 heteroatoms. The Bertz CT molecular complexity index is 1260. The highest BCUT2D eigenvalue weighted by molar-refractivity contribution is 9.10. The summed E-state index contributed by atoms with van der Waals surface area (Å²) in [6.07, 6.45) is 3.20. The number of benzene rings is 1. The summed E-state index contributed by atoms with van der Waals surface area (Å²) in [4.78, 5) is 21.9. The molecular formula is C19H10BrN5O3. The van der Waals surface area contributed by atoms with E-state index in [1.807, 2.05) is 6.07 Å². The van der Waals surface area contributed by atoms with Gasteiger partial charge in [0, 0.05) is 34.4 Å². The molecule has 3 aromatic heterocycles. The Labute approximate surface area is 166 Å². The second kappa shape index (κ2) is 7.09. The summed E-state index contributed by atoms with van der Waals surface area (Å²) in [5.74, 6) is 1.38. The first-order valence-corrected chi connectivity index (χ1v) is 8.81. The van der Waals surface area contributed by atoms with Gasteiger partial charge in [0.25, 0.3) is 5.69 Å². The molecule has 8 nitrogen and oxygen atoms in total. The predicted molar refractivity (Wildman–Crippen MR) is 106 cm³/mol. The molecule has 0 amide bonds. The van der Waals surface area contributed by atoms with E-state index in [0.29, 0.717) is 39.6 Å². The average molecular weight is 436 g/mol. The maximum atomic E-state index is 10.8. The Morgan fingerprint density at radius 1 is 1.29 bits per heavy atom. The van der Waals surface area contributed by atoms with E-state index in [0.717, 1.165) is 4.47 Å². The standard InChI is InChI=1S/C19H10BrN5O3/c20-13-8-16-19(22-10-13)24-18(23-16)12(9-21)7-15-5-6-17(28-15)11-1-3-14(4-2-11)25(26)27/h1-8,10H,(H,22,23,24)/b12-7+. The molecule has 0 fully saturated rings. The summed E-state index contributed by atoms with van der Waals surface area (Å²) in [5, 5.41) is 20.3. The van der Waals surface area contributed by atoms with Crippen molar-refractivity contribution in [3.8, 4) is 17.4 Å². The summed E-state index contributed by atoms with van der Waals surface area (Å²) in [6.45, 7) is 0. The van der Waals surface area contributed by atoms with Crippen molar-refractivity contribution in [2.45, 2.75) is 0 Å². The van der Waals surface area contributed by atoms with Crippen molar-refractivity contribution in [2.75, 3.05) is 0 Å². The maximum absolute atomic E-state index is 10.8. The van der Waals surface area contributed by atoms with Crippen LogP contribution in [0.25, 0.3) is 34.1 Å². The summed E-state index contributed by atoms with van der Waals surface area (Å²) < 4.78 is 6.56. The van der Waals surface area contributed by atoms with Crippen LogP contribution in [0.4, 0.5) is 5.69 Å². The lowest BCUT2D eigenvalue weighted by atomic mass is 10.1. The van der Waals surface area contributed by atoms with Crippen molar-refractivity contribution in [3.63, 3.8) is 0 Å². The number of halogens is 1. The number of allylic oxidation sites excluding steroid dienone is 1. The number of rotatable bonds is 4. The normalized spacial score (nSPS) is 11.5. The Morgan fingerprint density at radius 2 is 2.07 bits per heavy atom. The van der Waals surface area contributed by atoms with Crippen molar-refractivity contribution in [1.82, 2.24) is 15.0 Å². The summed E-state index contributed by atoms with van der Waals surface area (Å²) in [7, 11) is 0. The first-order chi connectivity index (χ1) is 13.5. The van der Waals surface area contributed by atoms with Crippen LogP contribution in [0, 0.1) is 21.4 Å². The predicted octanol–water partition coefficient (Wildman–Crippen LogP) is 4.95. The number of aromatic nitrogens is 3. The van der Waals surface area contributed by atoms with Gasteiger partial charge in [0.15, 0.2) is 11.5 Å². The number of nitrogens with zero attached hydrogens (tertiary/aromatic N) is 4. The smallest absolute Gasteiger partial charge is 0.269 e. The van der Waals surface area contributed by atoms with E-state index in [-0.39, 0.29) is 5.69 Å². The molecule has 4 rings (SSSR count). The second-order valence-corrected chi connectivity index (χ2v) is 6.70. The van der Waals surface area contributed by atoms with E-state index in [1.54, 1.807) is 36.5 Å². The summed E-state index contributed by atoms with van der Waals surface area (Å²) >= 11 is 3.34. The monoisotopic (exact) mass is 435 g/mol. The van der Waals surface area contributed by atoms with Gasteiger partial charge in [-0.3, -0.25) is 10.1 Å². The van der Waals surface area contributed by atoms with Crippen LogP contribution < -0.4 is 0 Å². The zero-order valence-corrected chi connectivity index (χ0v) is 15.7. The van der Waals surface area contributed by atoms with Crippen LogP contribution >= 0.6 is 15.9 Å². The van der Waals surface area contributed by atoms with E-state index in [4.69, 9.17) is 4.42 Å². The van der Waals surface area contributed by atoms with Gasteiger partial charge < -0.3 is 9.40 Å². The van der Waals surface area contributed by atoms with Crippen LogP contribution in [0.1, 0.15) is 11.6 Å². The van der Waals surface area contributed by atoms with Crippen molar-refractivity contribution < 1.29 is 9.34 Å². The molecule has 4 aromatic rings. The molecule has 3 heterocycles. The van der Waals surface area contributed by atoms with E-state index < -0.39 is 4.92 Å². The largest absolute Gasteiger partial charge is 0.457 e. The van der Waals surface area contributed by atoms with E-state index >= 15 is 0 Å². The Morgan fingerprint density at radius 3 is 2.79 bits per heavy atom. The van der Waals surface area contributed by atoms with Gasteiger partial charge in [-0.05, 0) is 46.3 Å². The molecule has 1 N–H and O–H groups in total. The number of nitriles is 1. The maximum Gasteiger partial charge on any atom is 0.269 e. The molecule has 0 aliphatic rings. The zero-order chi connectivity index (χ0) is 19.7. The first-order valence-electron chi connectivity index (χ1n) is 8.01. The fraction of sp³-hybridized carbons (Fsp3) is 0. The lowest BCUT2D eigenvalue weighted by molar-refractivity contribution is -0.384. The SMILES string of the molecule is N#C/C(=C\c1ccc(-c2ccc([N+](=O)[O-])cc2)o1)c1nc2ncc(Br)cc2[nH]1. The third kappa shape index (κ3) is 3.41. The molecule has 0 aliphatic carbocycles. The number of furan rings is 1. The van der Waals surface area contributed by atoms with Gasteiger partial charge >= 0.3 is 0 Å². The molecule has 28 heavy (non-hydrogen) atoms. The van der Waals surface area contributed by atoms with Crippen molar-refractivity contribution in [3.05, 3.63) is 74.8 Å². The molecule has 0 aliphatic heterocycles. The summed E-state index contributed by atoms with van der Waals surface area (Å²) in [5.41, 5.74) is 2.20. The average Bonchev–Trinajstić information content (AvgIpc) is 3.32. The fourth-order valence-corrected chi connectivity index (χ4v) is 2.96. The Hall–Kier alpha value is -3.77. The Kier molecular flexibility index (Phi) is 4.47. The molecular weight excluding hydrogens is 426 g/mol. The zero-order valence-electron chi connectivity index (χ0n) is 14.1. The number of aromatic amines is 1. The van der Waals surface area contributed by atoms with Gasteiger partial charge in [0.05, 0.1) is 16.0 Å². The number of nitrogens with one attached hydrogen (secondary N) is 1. The molecule has 136 valence electrons. The number of fused-ring (bicyclic) bond motifs is 1. The molecule has 1 aromatic carbocycles. The van der Waals surface area contributed by atoms with Crippen LogP contribution in [-0.4, -0.2) is 19.9 Å². The number of imidazole rings is 1.